The van der Waals surface area contributed by atoms with E-state index in [-0.39, 0.29) is 215 Å². The topological polar surface area (TPSA) is 608 Å². The van der Waals surface area contributed by atoms with Gasteiger partial charge in [0.25, 0.3) is 0 Å². The SMILES string of the molecule is C.C.CC(=O)c1ccc(-c2c3ccc(=N)c(S(=O)(=O)[O-])c-3oc3c(S(=O)(=O)[O-])c(N)ccc23)c(C(=O)[O-])c1.CN(C)C(Oc1c(Cl)cc(S(=O)(=O)[O-])cc1Cl)=[N+](C)C.F[P-](F)(F)(F)(F)F.N=c1ccc2c(-c3ccc(C(=O)Oc4c(Cl)cc(S(=O)(=O)[O-])cc4Cl)cc3C(=O)[O-])c3ccc(N)c(S(=O)(=O)[O-])c3oc-2c1S(=O)(=O)[O-].[K+].[Na+].[Na+].[Na+]. The zero-order valence-corrected chi connectivity index (χ0v) is 77.0. The fourth-order valence-electron chi connectivity index (χ4n) is 10.2. The second kappa shape index (κ2) is 39.2. The van der Waals surface area contributed by atoms with Gasteiger partial charge in [-0.3, -0.25) is 15.6 Å². The van der Waals surface area contributed by atoms with Gasteiger partial charge in [-0.25, -0.2) is 64.8 Å². The molecule has 0 spiro atoms. The number of nitrogens with two attached hydrogens (primary N) is 2. The van der Waals surface area contributed by atoms with Crippen molar-refractivity contribution in [3.8, 4) is 56.4 Å². The van der Waals surface area contributed by atoms with E-state index in [9.17, 15) is 132 Å². The summed E-state index contributed by atoms with van der Waals surface area (Å²) in [7, 11) is -35.0. The van der Waals surface area contributed by atoms with Gasteiger partial charge in [0.15, 0.2) is 40.0 Å². The van der Waals surface area contributed by atoms with Crippen molar-refractivity contribution in [2.75, 3.05) is 39.7 Å². The van der Waals surface area contributed by atoms with E-state index in [0.29, 0.717) is 18.2 Å². The van der Waals surface area contributed by atoms with Crippen molar-refractivity contribution < 1.29 is 295 Å². The number of anilines is 2. The molecule has 0 amide bonds. The Balaban J connectivity index is 0.000000875. The number of nitrogens with one attached hydrogen (secondary N) is 2. The number of ketones is 1. The van der Waals surface area contributed by atoms with Crippen molar-refractivity contribution in [3.63, 3.8) is 0 Å². The van der Waals surface area contributed by atoms with E-state index in [1.165, 1.54) is 25.1 Å². The van der Waals surface area contributed by atoms with Gasteiger partial charge in [0, 0.05) is 49.7 Å². The van der Waals surface area contributed by atoms with Crippen molar-refractivity contribution >= 4 is 178 Å². The molecular weight excluding hydrogens is 1860 g/mol. The van der Waals surface area contributed by atoms with Gasteiger partial charge in [0.05, 0.1) is 97.7 Å². The van der Waals surface area contributed by atoms with E-state index in [1.807, 2.05) is 0 Å². The number of carbonyl (C=O) groups excluding carboxylic acids is 4. The molecule has 0 atom stereocenters. The van der Waals surface area contributed by atoms with Crippen LogP contribution in [-0.2, 0) is 60.7 Å². The Morgan fingerprint density at radius 1 is 0.470 bits per heavy atom. The Bertz CT molecular complexity index is 6510. The fraction of sp³-hybridized carbons (Fsp3) is 0.113. The Kier molecular flexibility index (Phi) is 36.8. The number of carboxylic acid groups (broad SMARTS) is 2. The molecular formula is C62H47Cl4F6KN6Na3O28PS6-4. The number of nitrogen functional groups attached to an aromatic ring is 2. The van der Waals surface area contributed by atoms with Crippen LogP contribution in [0.1, 0.15) is 63.2 Å². The van der Waals surface area contributed by atoms with Crippen LogP contribution in [0.25, 0.3) is 66.8 Å². The van der Waals surface area contributed by atoms with Crippen LogP contribution in [0.15, 0.2) is 147 Å². The third-order valence-corrected chi connectivity index (χ3v) is 20.7. The number of fused-ring (bicyclic) bond motifs is 4. The number of ether oxygens (including phenoxy) is 2. The molecule has 6 aromatic rings. The molecule has 0 saturated heterocycles. The number of nitrogens with zero attached hydrogens (tertiary/aromatic N) is 2. The molecule has 0 radical (unpaired) electrons. The van der Waals surface area contributed by atoms with Crippen molar-refractivity contribution in [2.45, 2.75) is 51.1 Å². The zero-order valence-electron chi connectivity index (χ0n) is 59.0. The van der Waals surface area contributed by atoms with E-state index in [2.05, 4.69) is 0 Å². The first kappa shape index (κ1) is 110. The molecule has 10 rings (SSSR count). The first-order chi connectivity index (χ1) is 50.2. The summed E-state index contributed by atoms with van der Waals surface area (Å²) < 4.78 is 295. The maximum atomic E-state index is 13.0. The predicted molar refractivity (Wildman–Crippen MR) is 380 cm³/mol. The van der Waals surface area contributed by atoms with Crippen LogP contribution in [0.5, 0.6) is 11.5 Å². The molecule has 4 aliphatic rings. The second-order valence-electron chi connectivity index (χ2n) is 22.6. The molecule has 55 heteroatoms. The number of hydrogen-bond acceptors (Lipinski definition) is 32. The summed E-state index contributed by atoms with van der Waals surface area (Å²) in [6, 6.07) is 18.3. The number of carboxylic acids is 2. The minimum atomic E-state index is -10.7. The van der Waals surface area contributed by atoms with Crippen molar-refractivity contribution in [3.05, 3.63) is 162 Å². The standard InChI is InChI=1S/C27H16Cl2N2O14S3.C22H16N2O10S2.C11H14Cl2N2O4S.2CH4.F6P.K.3Na/c28-16-8-11(46(35,36)37)9-17(29)23(16)45-27(34)10-1-2-12(15(7-10)26(32)33)20-13-3-5-18(30)24(47(38,39)40)21(13)44-22-14(20)4-6-19(31)25(22)48(41,42)43;1-9(25)10-2-3-11(14(8-10)22(26)27)17-12-4-6-15(23)20(35(28,29)30)18(12)34-19-13(17)5-7-16(24)21(19)36(31,32)33;1-14(2)11(15(3)4)19-10-8(12)5-7(6-9(10)13)20(16,17)18;;;1-7(2,3,4,5)6;;;;/h1-9,30H,31H2,(H,32,33)(H,35,36,37)(H,38,39,40)(H,41,42,43);2-8,23H,24H2,1H3,(H,26,27)(H,28,29,30)(H,31,32,33);5-6H,1-4H3;2*1H4;;;;;/q;;;;;-1;4*+1/p-7. The molecule has 0 fully saturated rings. The van der Waals surface area contributed by atoms with Crippen molar-refractivity contribution in [1.82, 2.24) is 4.90 Å². The fourth-order valence-corrected chi connectivity index (χ4v) is 15.5. The van der Waals surface area contributed by atoms with Crippen LogP contribution in [0.3, 0.4) is 0 Å². The minimum absolute atomic E-state index is 0. The third kappa shape index (κ3) is 27.0. The van der Waals surface area contributed by atoms with Gasteiger partial charge < -0.3 is 76.9 Å². The van der Waals surface area contributed by atoms with Crippen LogP contribution >= 0.6 is 54.2 Å². The molecule has 0 aromatic heterocycles. The number of benzene rings is 8. The largest absolute Gasteiger partial charge is 1.00 e. The first-order valence-corrected chi connectivity index (χ1v) is 40.6. The molecule has 612 valence electrons. The molecule has 0 unspecified atom stereocenters. The van der Waals surface area contributed by atoms with Gasteiger partial charge in [-0.2, -0.15) is 0 Å². The number of Topliss-reactive ketones (excluding diaryl/α,β-unsaturated/α-hetero) is 1. The Morgan fingerprint density at radius 2 is 0.761 bits per heavy atom. The summed E-state index contributed by atoms with van der Waals surface area (Å²) >= 11 is 23.8. The number of hydrogen-bond donors (Lipinski definition) is 4. The number of carbonyl (C=O) groups is 4. The van der Waals surface area contributed by atoms with Crippen LogP contribution in [0.2, 0.25) is 20.1 Å². The number of esters is 1. The van der Waals surface area contributed by atoms with Gasteiger partial charge in [-0.05, 0) is 109 Å². The zero-order chi connectivity index (χ0) is 84.5. The molecule has 6 N–H and O–H groups in total. The molecule has 2 heterocycles. The van der Waals surface area contributed by atoms with E-state index >= 15 is 0 Å². The van der Waals surface area contributed by atoms with Crippen molar-refractivity contribution in [1.29, 1.82) is 10.8 Å². The summed E-state index contributed by atoms with van der Waals surface area (Å²) in [5.74, 6) is -7.72. The molecule has 34 nitrogen and oxygen atoms in total. The van der Waals surface area contributed by atoms with Gasteiger partial charge >= 0.3 is 185 Å². The molecule has 2 aliphatic heterocycles. The van der Waals surface area contributed by atoms with E-state index < -0.39 is 204 Å². The molecule has 0 saturated carbocycles. The maximum Gasteiger partial charge on any atom is 1.00 e. The molecule has 2 aliphatic carbocycles. The summed E-state index contributed by atoms with van der Waals surface area (Å²) in [6.45, 7) is 1.19. The maximum absolute atomic E-state index is 13.0. The minimum Gasteiger partial charge on any atom is -0.744 e. The smallest absolute Gasteiger partial charge is 0.744 e. The van der Waals surface area contributed by atoms with Gasteiger partial charge in [-0.15, -0.1) is 0 Å². The van der Waals surface area contributed by atoms with Gasteiger partial charge in [0.1, 0.15) is 80.3 Å². The normalized spacial score (nSPS) is 12.1. The van der Waals surface area contributed by atoms with Gasteiger partial charge in [0.2, 0.25) is 0 Å². The summed E-state index contributed by atoms with van der Waals surface area (Å²) in [6.07, 6.45) is 0. The van der Waals surface area contributed by atoms with Crippen LogP contribution in [-0.4, -0.2) is 145 Å². The number of aromatic carboxylic acids is 2. The van der Waals surface area contributed by atoms with Crippen LogP contribution < -0.4 is 182 Å². The predicted octanol–water partition coefficient (Wildman–Crippen LogP) is -3.35. The van der Waals surface area contributed by atoms with Crippen LogP contribution in [0, 0.1) is 10.8 Å². The first-order valence-electron chi connectivity index (χ1n) is 28.6. The Labute approximate surface area is 788 Å². The number of halogens is 10. The average molecular weight is 1910 g/mol. The van der Waals surface area contributed by atoms with Crippen LogP contribution in [0.4, 0.5) is 36.6 Å². The second-order valence-corrected chi connectivity index (χ2v) is 34.2. The monoisotopic (exact) mass is 1910 g/mol. The van der Waals surface area contributed by atoms with E-state index in [0.717, 1.165) is 78.9 Å². The summed E-state index contributed by atoms with van der Waals surface area (Å²) in [5, 5.41) is 36.9. The quantitative estimate of drug-likeness (QED) is 0.00672. The van der Waals surface area contributed by atoms with E-state index in [1.54, 1.807) is 37.7 Å². The Morgan fingerprint density at radius 3 is 1.03 bits per heavy atom. The molecule has 6 aromatic carbocycles. The summed E-state index contributed by atoms with van der Waals surface area (Å²) in [5.41, 5.74) is 5.04. The third-order valence-electron chi connectivity index (χ3n) is 14.3. The van der Waals surface area contributed by atoms with Gasteiger partial charge in [-0.1, -0.05) is 79.5 Å². The molecule has 117 heavy (non-hydrogen) atoms. The summed E-state index contributed by atoms with van der Waals surface area (Å²) in [4.78, 5) is 44.9. The average Bonchev–Trinajstić information content (AvgIpc) is 0.727. The van der Waals surface area contributed by atoms with Crippen molar-refractivity contribution in [2.24, 2.45) is 0 Å². The number of amidine groups is 1. The molecule has 0 bridgehead atoms. The Hall–Kier alpha value is -5.08. The van der Waals surface area contributed by atoms with E-state index in [4.69, 9.17) is 87.0 Å². The number of rotatable bonds is 14.